The van der Waals surface area contributed by atoms with Gasteiger partial charge in [0.15, 0.2) is 0 Å². The van der Waals surface area contributed by atoms with E-state index in [-0.39, 0.29) is 97.0 Å². The fourth-order valence-electron chi connectivity index (χ4n) is 12.4. The van der Waals surface area contributed by atoms with Crippen molar-refractivity contribution in [3.63, 3.8) is 0 Å². The Morgan fingerprint density at radius 1 is 0.673 bits per heavy atom. The average Bonchev–Trinajstić information content (AvgIpc) is 1.63. The molecule has 10 atom stereocenters. The van der Waals surface area contributed by atoms with Crippen LogP contribution in [0.15, 0.2) is 97.1 Å². The Morgan fingerprint density at radius 2 is 1.22 bits per heavy atom. The van der Waals surface area contributed by atoms with E-state index >= 15 is 0 Å². The number of halogens is 2. The van der Waals surface area contributed by atoms with Gasteiger partial charge in [-0.2, -0.15) is 0 Å². The number of aliphatic hydroxyl groups excluding tert-OH is 4. The SMILES string of the molecule is CC(=O)N[C@@H](CCCCN)C(=O)N[C@H](C(=O)N[C@@H](CCCNC(N)=O)C(=O)Nc1ccc(COC(=O)N(C)CCN(C)C(=O)Oc2cc3c(c4ccccc24)[C@H](CCl)CN3C(=O)c2ccc(C(=O)N3C[C@@H](CCl)c4c3cc(O[C@@H]3OC(CO)[C@H](O)C(O)[C@@H]3O)c3ccccc43)s2)cc1)C(C)C. The highest BCUT2D eigenvalue weighted by Gasteiger charge is 2.46. The first-order valence-corrected chi connectivity index (χ1v) is 35.0. The predicted molar refractivity (Wildman–Crippen MR) is 379 cm³/mol. The van der Waals surface area contributed by atoms with Gasteiger partial charge in [0, 0.05) is 106 Å². The Kier molecular flexibility index (Phi) is 26.2. The van der Waals surface area contributed by atoms with Gasteiger partial charge < -0.3 is 97.0 Å². The Balaban J connectivity index is 0.813. The van der Waals surface area contributed by atoms with Crippen molar-refractivity contribution in [3.05, 3.63) is 124 Å². The molecule has 2 unspecified atom stereocenters. The van der Waals surface area contributed by atoms with Gasteiger partial charge in [0.1, 0.15) is 60.6 Å². The molecule has 4 heterocycles. The van der Waals surface area contributed by atoms with E-state index in [1.807, 2.05) is 24.3 Å². The van der Waals surface area contributed by atoms with Gasteiger partial charge in [-0.05, 0) is 96.3 Å². The minimum Gasteiger partial charge on any atom is -0.461 e. The van der Waals surface area contributed by atoms with E-state index in [0.29, 0.717) is 70.0 Å². The van der Waals surface area contributed by atoms with Crippen molar-refractivity contribution in [2.45, 2.75) is 120 Å². The monoisotopic (exact) mass is 1450 g/mol. The number of anilines is 3. The summed E-state index contributed by atoms with van der Waals surface area (Å²) in [6.07, 6.45) is -7.44. The minimum absolute atomic E-state index is 0.00779. The van der Waals surface area contributed by atoms with Crippen molar-refractivity contribution in [1.82, 2.24) is 31.1 Å². The number of primary amides is 1. The first kappa shape index (κ1) is 76.3. The smallest absolute Gasteiger partial charge is 0.415 e. The second-order valence-electron chi connectivity index (χ2n) is 25.4. The summed E-state index contributed by atoms with van der Waals surface area (Å²) in [5.41, 5.74) is 14.2. The van der Waals surface area contributed by atoms with Gasteiger partial charge in [-0.1, -0.05) is 74.5 Å². The van der Waals surface area contributed by atoms with Gasteiger partial charge in [0.05, 0.1) is 27.7 Å². The molecule has 1 fully saturated rings. The molecule has 13 N–H and O–H groups in total. The van der Waals surface area contributed by atoms with Crippen LogP contribution in [0.3, 0.4) is 0 Å². The highest BCUT2D eigenvalue weighted by atomic mass is 35.5. The number of likely N-dealkylation sites (N-methyl/N-ethyl adjacent to an activating group) is 2. The molecule has 1 aromatic heterocycles. The van der Waals surface area contributed by atoms with Gasteiger partial charge in [0.2, 0.25) is 29.9 Å². The molecular weight excluding hydrogens is 1370 g/mol. The van der Waals surface area contributed by atoms with Crippen molar-refractivity contribution in [1.29, 1.82) is 0 Å². The first-order chi connectivity index (χ1) is 48.4. The summed E-state index contributed by atoms with van der Waals surface area (Å²) in [5.74, 6) is -3.58. The molecular formula is C70H85Cl2N11O17S. The van der Waals surface area contributed by atoms with E-state index in [0.717, 1.165) is 22.5 Å². The molecule has 542 valence electrons. The summed E-state index contributed by atoms with van der Waals surface area (Å²) in [5, 5.41) is 57.7. The number of amides is 10. The Morgan fingerprint density at radius 3 is 1.76 bits per heavy atom. The van der Waals surface area contributed by atoms with E-state index in [1.165, 1.54) is 30.8 Å². The molecule has 3 aliphatic rings. The number of urea groups is 1. The maximum Gasteiger partial charge on any atom is 0.415 e. The van der Waals surface area contributed by atoms with Crippen molar-refractivity contribution in [2.24, 2.45) is 17.4 Å². The van der Waals surface area contributed by atoms with Crippen molar-refractivity contribution >= 4 is 127 Å². The summed E-state index contributed by atoms with van der Waals surface area (Å²) in [6.45, 7) is 4.77. The van der Waals surface area contributed by atoms with Crippen LogP contribution in [0.5, 0.6) is 11.5 Å². The van der Waals surface area contributed by atoms with Crippen molar-refractivity contribution < 1.29 is 82.5 Å². The molecule has 0 spiro atoms. The van der Waals surface area contributed by atoms with Gasteiger partial charge in [-0.15, -0.1) is 34.5 Å². The Labute approximate surface area is 596 Å². The van der Waals surface area contributed by atoms with Crippen LogP contribution in [0, 0.1) is 5.92 Å². The quantitative estimate of drug-likeness (QED) is 0.0203. The number of carbonyl (C=O) groups excluding carboxylic acids is 9. The summed E-state index contributed by atoms with van der Waals surface area (Å²) in [4.78, 5) is 127. The number of hydrogen-bond acceptors (Lipinski definition) is 19. The van der Waals surface area contributed by atoms with Crippen LogP contribution in [0.2, 0.25) is 0 Å². The Bertz CT molecular complexity index is 4020. The number of unbranched alkanes of at least 4 members (excludes halogenated alkanes) is 1. The third-order valence-corrected chi connectivity index (χ3v) is 19.7. The summed E-state index contributed by atoms with van der Waals surface area (Å²) >= 11 is 14.2. The lowest BCUT2D eigenvalue weighted by atomic mass is 9.95. The summed E-state index contributed by atoms with van der Waals surface area (Å²) in [7, 11) is 3.00. The molecule has 28 nitrogen and oxygen atoms in total. The minimum atomic E-state index is -1.70. The van der Waals surface area contributed by atoms with E-state index < -0.39 is 115 Å². The molecule has 0 saturated carbocycles. The highest BCUT2D eigenvalue weighted by molar-refractivity contribution is 7.16. The number of carbonyl (C=O) groups is 9. The van der Waals surface area contributed by atoms with Crippen LogP contribution in [-0.4, -0.2) is 204 Å². The molecule has 10 amide bonds. The number of benzene rings is 5. The number of fused-ring (bicyclic) bond motifs is 6. The second kappa shape index (κ2) is 34.6. The van der Waals surface area contributed by atoms with E-state index in [4.69, 9.17) is 53.6 Å². The zero-order chi connectivity index (χ0) is 72.9. The first-order valence-electron chi connectivity index (χ1n) is 33.1. The van der Waals surface area contributed by atoms with Gasteiger partial charge in [0.25, 0.3) is 11.8 Å². The summed E-state index contributed by atoms with van der Waals surface area (Å²) < 4.78 is 23.6. The molecule has 3 aliphatic heterocycles. The van der Waals surface area contributed by atoms with Crippen molar-refractivity contribution in [2.75, 3.05) is 86.8 Å². The van der Waals surface area contributed by atoms with Crippen LogP contribution < -0.4 is 57.3 Å². The van der Waals surface area contributed by atoms with Crippen LogP contribution in [0.1, 0.15) is 101 Å². The fourth-order valence-corrected chi connectivity index (χ4v) is 13.8. The van der Waals surface area contributed by atoms with E-state index in [9.17, 15) is 63.6 Å². The predicted octanol–water partition coefficient (Wildman–Crippen LogP) is 5.54. The number of nitrogens with two attached hydrogens (primary N) is 2. The summed E-state index contributed by atoms with van der Waals surface area (Å²) in [6, 6.07) is 23.4. The second-order valence-corrected chi connectivity index (χ2v) is 27.1. The largest absolute Gasteiger partial charge is 0.461 e. The van der Waals surface area contributed by atoms with Crippen LogP contribution in [-0.2, 0) is 35.3 Å². The average molecular weight is 1460 g/mol. The van der Waals surface area contributed by atoms with Crippen molar-refractivity contribution in [3.8, 4) is 11.5 Å². The zero-order valence-electron chi connectivity index (χ0n) is 56.4. The molecule has 9 rings (SSSR count). The molecule has 0 bridgehead atoms. The normalized spacial score (nSPS) is 19.3. The highest BCUT2D eigenvalue weighted by Crippen LogP contribution is 2.49. The van der Waals surface area contributed by atoms with Gasteiger partial charge in [-0.25, -0.2) is 14.4 Å². The molecule has 101 heavy (non-hydrogen) atoms. The number of hydrogen-bond donors (Lipinski definition) is 11. The molecule has 6 aromatic rings. The lowest BCUT2D eigenvalue weighted by molar-refractivity contribution is -0.277. The molecule has 1 saturated heterocycles. The lowest BCUT2D eigenvalue weighted by Crippen LogP contribution is -2.60. The molecule has 0 aliphatic carbocycles. The van der Waals surface area contributed by atoms with Crippen LogP contribution in [0.4, 0.5) is 31.4 Å². The maximum absolute atomic E-state index is 14.8. The third kappa shape index (κ3) is 18.1. The zero-order valence-corrected chi connectivity index (χ0v) is 58.7. The van der Waals surface area contributed by atoms with Crippen LogP contribution in [0.25, 0.3) is 21.5 Å². The third-order valence-electron chi connectivity index (χ3n) is 17.9. The number of nitrogens with one attached hydrogen (secondary N) is 5. The van der Waals surface area contributed by atoms with Crippen LogP contribution >= 0.6 is 34.5 Å². The number of rotatable bonds is 29. The van der Waals surface area contributed by atoms with E-state index in [2.05, 4.69) is 26.6 Å². The van der Waals surface area contributed by atoms with Gasteiger partial charge in [-0.3, -0.25) is 28.8 Å². The number of ether oxygens (including phenoxy) is 4. The van der Waals surface area contributed by atoms with Gasteiger partial charge >= 0.3 is 18.2 Å². The maximum atomic E-state index is 14.8. The lowest BCUT2D eigenvalue weighted by Gasteiger charge is -2.39. The topological polar surface area (TPSA) is 397 Å². The van der Waals surface area contributed by atoms with E-state index in [1.54, 1.807) is 96.4 Å². The number of thiophene rings is 1. The fraction of sp³-hybridized carbons (Fsp3) is 0.443. The molecule has 5 aromatic carbocycles. The molecule has 0 radical (unpaired) electrons. The molecule has 31 heteroatoms. The standard InChI is InChI=1S/C70H85Cl2N11O17S/c1-37(2)58(79-63(90)47(76-38(3)85)17-10-11-25-73)64(91)78-48(18-12-26-75-68(74)94)62(89)77-42-21-19-39(20-22-42)36-97-69(95)80(4)27-28-81(5)70(96)100-52-30-50-57(46-16-9-7-14-44(46)52)41(32-72)34-83(50)66(93)55-24-23-54(101-55)65(92)82-33-40(31-71)56-45-15-8-6-13-43(45)51(29-49(56)82)98-67-61(88)60(87)59(86)53(35-84)99-67/h6-9,13-16,19-24,29-30,37,40-41,47-48,53,58-61,67,84,86-88H,10-12,17-18,25-28,31-36,73H2,1-5H3,(H,76,85)(H,77,89)(H,78,91)(H,79,90)(H3,74,75,94)/t40-,41-,47+,48+,53?,58+,59+,60?,61+,67-/m1/s1. The number of aliphatic hydroxyl groups is 4. The number of alkyl halides is 2. The Hall–Kier alpha value is -8.91. The number of nitrogens with zero attached hydrogens (tertiary/aromatic N) is 4.